The normalized spacial score (nSPS) is 40.4. The molecule has 3 nitrogen and oxygen atoms in total. The number of hydrogen-bond acceptors (Lipinski definition) is 3. The zero-order valence-corrected chi connectivity index (χ0v) is 9.08. The van der Waals surface area contributed by atoms with E-state index in [1.807, 2.05) is 6.92 Å². The Hall–Kier alpha value is -0.410. The first-order valence-corrected chi connectivity index (χ1v) is 5.47. The van der Waals surface area contributed by atoms with Crippen LogP contribution in [0.3, 0.4) is 0 Å². The Morgan fingerprint density at radius 2 is 2.36 bits per heavy atom. The molecule has 0 amide bonds. The van der Waals surface area contributed by atoms with Gasteiger partial charge in [0, 0.05) is 37.6 Å². The van der Waals surface area contributed by atoms with Crippen molar-refractivity contribution < 1.29 is 9.53 Å². The van der Waals surface area contributed by atoms with Crippen LogP contribution in [0, 0.1) is 5.92 Å². The Labute approximate surface area is 85.4 Å². The number of ether oxygens (including phenoxy) is 1. The van der Waals surface area contributed by atoms with Crippen LogP contribution in [0.2, 0.25) is 0 Å². The van der Waals surface area contributed by atoms with Crippen LogP contribution >= 0.6 is 0 Å². The number of piperidine rings is 1. The molecule has 0 radical (unpaired) electrons. The van der Waals surface area contributed by atoms with E-state index in [9.17, 15) is 4.79 Å². The minimum atomic E-state index is 0.189. The van der Waals surface area contributed by atoms with E-state index in [0.29, 0.717) is 5.78 Å². The van der Waals surface area contributed by atoms with E-state index in [0.717, 1.165) is 39.1 Å². The monoisotopic (exact) mass is 197 g/mol. The van der Waals surface area contributed by atoms with Crippen molar-refractivity contribution in [1.82, 2.24) is 4.90 Å². The highest BCUT2D eigenvalue weighted by Crippen LogP contribution is 2.29. The average Bonchev–Trinajstić information content (AvgIpc) is 2.58. The van der Waals surface area contributed by atoms with Crippen LogP contribution in [0.1, 0.15) is 26.7 Å². The Morgan fingerprint density at radius 3 is 2.93 bits per heavy atom. The zero-order valence-electron chi connectivity index (χ0n) is 9.08. The van der Waals surface area contributed by atoms with Gasteiger partial charge in [-0.1, -0.05) is 6.92 Å². The van der Waals surface area contributed by atoms with Gasteiger partial charge in [-0.25, -0.2) is 0 Å². The quantitative estimate of drug-likeness (QED) is 0.630. The molecule has 0 aromatic rings. The zero-order chi connectivity index (χ0) is 10.2. The minimum absolute atomic E-state index is 0.189. The maximum Gasteiger partial charge on any atom is 0.138 e. The molecule has 2 unspecified atom stereocenters. The minimum Gasteiger partial charge on any atom is -0.379 e. The van der Waals surface area contributed by atoms with Crippen molar-refractivity contribution in [1.29, 1.82) is 0 Å². The van der Waals surface area contributed by atoms with Crippen molar-refractivity contribution >= 4 is 5.78 Å². The van der Waals surface area contributed by atoms with Crippen molar-refractivity contribution in [2.75, 3.05) is 26.3 Å². The fourth-order valence-corrected chi connectivity index (χ4v) is 2.41. The second-order valence-corrected chi connectivity index (χ2v) is 4.86. The molecule has 2 atom stereocenters. The molecule has 2 heterocycles. The van der Waals surface area contributed by atoms with Gasteiger partial charge >= 0.3 is 0 Å². The van der Waals surface area contributed by atoms with Gasteiger partial charge in [0.1, 0.15) is 5.78 Å². The molecular weight excluding hydrogens is 178 g/mol. The molecule has 0 saturated carbocycles. The van der Waals surface area contributed by atoms with Gasteiger partial charge in [0.25, 0.3) is 0 Å². The summed E-state index contributed by atoms with van der Waals surface area (Å²) in [7, 11) is 0. The first-order valence-electron chi connectivity index (χ1n) is 5.47. The molecule has 14 heavy (non-hydrogen) atoms. The third kappa shape index (κ3) is 1.71. The predicted octanol–water partition coefficient (Wildman–Crippen LogP) is 1.08. The number of likely N-dealkylation sites (tertiary alicyclic amines) is 1. The van der Waals surface area contributed by atoms with E-state index < -0.39 is 0 Å². The number of carbonyl (C=O) groups is 1. The average molecular weight is 197 g/mol. The fourth-order valence-electron chi connectivity index (χ4n) is 2.41. The van der Waals surface area contributed by atoms with Gasteiger partial charge in [-0.15, -0.1) is 0 Å². The Morgan fingerprint density at radius 1 is 1.57 bits per heavy atom. The van der Waals surface area contributed by atoms with E-state index in [-0.39, 0.29) is 11.5 Å². The SMILES string of the molecule is CC1CN(C2(C)CCOC2)CCC1=O. The van der Waals surface area contributed by atoms with Gasteiger partial charge in [-0.05, 0) is 13.3 Å². The molecule has 80 valence electrons. The topological polar surface area (TPSA) is 29.5 Å². The lowest BCUT2D eigenvalue weighted by Gasteiger charge is -2.41. The van der Waals surface area contributed by atoms with Crippen LogP contribution in [-0.4, -0.2) is 42.5 Å². The third-order valence-corrected chi connectivity index (χ3v) is 3.63. The Balaban J connectivity index is 2.01. The molecule has 0 spiro atoms. The predicted molar refractivity (Wildman–Crippen MR) is 54.2 cm³/mol. The smallest absolute Gasteiger partial charge is 0.138 e. The first kappa shape index (κ1) is 10.1. The lowest BCUT2D eigenvalue weighted by molar-refractivity contribution is -0.127. The molecule has 0 aromatic carbocycles. The van der Waals surface area contributed by atoms with Gasteiger partial charge in [-0.2, -0.15) is 0 Å². The summed E-state index contributed by atoms with van der Waals surface area (Å²) in [5, 5.41) is 0. The molecule has 0 aromatic heterocycles. The summed E-state index contributed by atoms with van der Waals surface area (Å²) in [4.78, 5) is 13.8. The van der Waals surface area contributed by atoms with Crippen LogP contribution in [0.25, 0.3) is 0 Å². The maximum atomic E-state index is 11.4. The largest absolute Gasteiger partial charge is 0.379 e. The van der Waals surface area contributed by atoms with Crippen molar-refractivity contribution in [3.05, 3.63) is 0 Å². The summed E-state index contributed by atoms with van der Waals surface area (Å²) in [6, 6.07) is 0. The number of nitrogens with zero attached hydrogens (tertiary/aromatic N) is 1. The van der Waals surface area contributed by atoms with Crippen LogP contribution in [0.5, 0.6) is 0 Å². The van der Waals surface area contributed by atoms with E-state index in [1.165, 1.54) is 0 Å². The molecule has 0 aliphatic carbocycles. The van der Waals surface area contributed by atoms with E-state index in [4.69, 9.17) is 4.74 Å². The van der Waals surface area contributed by atoms with Gasteiger partial charge in [-0.3, -0.25) is 9.69 Å². The lowest BCUT2D eigenvalue weighted by Crippen LogP contribution is -2.53. The summed E-state index contributed by atoms with van der Waals surface area (Å²) >= 11 is 0. The molecule has 2 aliphatic heterocycles. The third-order valence-electron chi connectivity index (χ3n) is 3.63. The molecule has 2 rings (SSSR count). The van der Waals surface area contributed by atoms with E-state index >= 15 is 0 Å². The number of carbonyl (C=O) groups excluding carboxylic acids is 1. The van der Waals surface area contributed by atoms with E-state index in [1.54, 1.807) is 0 Å². The Bertz CT molecular complexity index is 233. The van der Waals surface area contributed by atoms with Gasteiger partial charge in [0.15, 0.2) is 0 Å². The van der Waals surface area contributed by atoms with Crippen LogP contribution in [0.4, 0.5) is 0 Å². The van der Waals surface area contributed by atoms with Crippen molar-refractivity contribution in [3.8, 4) is 0 Å². The summed E-state index contributed by atoms with van der Waals surface area (Å²) in [5.41, 5.74) is 0.189. The van der Waals surface area contributed by atoms with Crippen LogP contribution in [0.15, 0.2) is 0 Å². The van der Waals surface area contributed by atoms with Crippen molar-refractivity contribution in [2.45, 2.75) is 32.2 Å². The second-order valence-electron chi connectivity index (χ2n) is 4.86. The van der Waals surface area contributed by atoms with Gasteiger partial charge < -0.3 is 4.74 Å². The van der Waals surface area contributed by atoms with Crippen molar-refractivity contribution in [3.63, 3.8) is 0 Å². The van der Waals surface area contributed by atoms with Gasteiger partial charge in [0.05, 0.1) is 6.61 Å². The summed E-state index contributed by atoms with van der Waals surface area (Å²) < 4.78 is 5.45. The van der Waals surface area contributed by atoms with E-state index in [2.05, 4.69) is 11.8 Å². The van der Waals surface area contributed by atoms with Gasteiger partial charge in [0.2, 0.25) is 0 Å². The highest BCUT2D eigenvalue weighted by atomic mass is 16.5. The molecule has 2 fully saturated rings. The van der Waals surface area contributed by atoms with Crippen molar-refractivity contribution in [2.24, 2.45) is 5.92 Å². The molecule has 2 saturated heterocycles. The lowest BCUT2D eigenvalue weighted by atomic mass is 9.91. The number of Topliss-reactive ketones (excluding diaryl/α,β-unsaturated/α-hetero) is 1. The number of rotatable bonds is 1. The Kier molecular flexibility index (Phi) is 2.62. The standard InChI is InChI=1S/C11H19NO2/c1-9-7-12(5-3-10(9)13)11(2)4-6-14-8-11/h9H,3-8H2,1-2H3. The van der Waals surface area contributed by atoms with Crippen LogP contribution < -0.4 is 0 Å². The molecule has 0 N–H and O–H groups in total. The molecule has 2 aliphatic rings. The van der Waals surface area contributed by atoms with Crippen LogP contribution in [-0.2, 0) is 9.53 Å². The second kappa shape index (κ2) is 3.63. The summed E-state index contributed by atoms with van der Waals surface area (Å²) in [5.74, 6) is 0.630. The highest BCUT2D eigenvalue weighted by Gasteiger charge is 2.39. The first-order chi connectivity index (χ1) is 6.62. The summed E-state index contributed by atoms with van der Waals surface area (Å²) in [6.07, 6.45) is 1.82. The maximum absolute atomic E-state index is 11.4. The molecular formula is C11H19NO2. The molecule has 0 bridgehead atoms. The molecule has 3 heteroatoms. The number of ketones is 1. The highest BCUT2D eigenvalue weighted by molar-refractivity contribution is 5.81. The summed E-state index contributed by atoms with van der Waals surface area (Å²) in [6.45, 7) is 7.82. The fraction of sp³-hybridized carbons (Fsp3) is 0.909. The number of hydrogen-bond donors (Lipinski definition) is 0.